The molecule has 1 aliphatic heterocycles. The van der Waals surface area contributed by atoms with E-state index < -0.39 is 17.2 Å². The second kappa shape index (κ2) is 10.4. The second-order valence-corrected chi connectivity index (χ2v) is 13.8. The van der Waals surface area contributed by atoms with Crippen molar-refractivity contribution >= 4 is 61.1 Å². The van der Waals surface area contributed by atoms with Crippen LogP contribution in [0.15, 0.2) is 54.7 Å². The molecule has 222 valence electrons. The quantitative estimate of drug-likeness (QED) is 0.213. The van der Waals surface area contributed by atoms with Gasteiger partial charge in [-0.25, -0.2) is 9.78 Å². The molecule has 1 amide bonds. The van der Waals surface area contributed by atoms with Gasteiger partial charge in [0.25, 0.3) is 0 Å². The largest absolute Gasteiger partial charge is 0.479 e. The summed E-state index contributed by atoms with van der Waals surface area (Å²) in [6.45, 7) is 9.52. The maximum absolute atomic E-state index is 13.4. The van der Waals surface area contributed by atoms with Crippen molar-refractivity contribution in [1.82, 2.24) is 14.8 Å². The van der Waals surface area contributed by atoms with Crippen LogP contribution in [0, 0.1) is 6.92 Å². The van der Waals surface area contributed by atoms with Gasteiger partial charge in [-0.05, 0) is 81.6 Å². The summed E-state index contributed by atoms with van der Waals surface area (Å²) < 4.78 is 8.92. The molecule has 1 fully saturated rings. The summed E-state index contributed by atoms with van der Waals surface area (Å²) >= 11 is 7.64. The topological polar surface area (TPSA) is 97.5 Å². The minimum absolute atomic E-state index is 0.00627. The van der Waals surface area contributed by atoms with Gasteiger partial charge in [-0.15, -0.1) is 0 Å². The first-order valence-corrected chi connectivity index (χ1v) is 15.3. The number of amides is 1. The molecule has 0 spiro atoms. The fourth-order valence-corrected chi connectivity index (χ4v) is 7.44. The molecule has 3 heterocycles. The Kier molecular flexibility index (Phi) is 7.11. The highest BCUT2D eigenvalue weighted by atomic mass is 35.5. The van der Waals surface area contributed by atoms with Gasteiger partial charge in [-0.3, -0.25) is 14.4 Å². The summed E-state index contributed by atoms with van der Waals surface area (Å²) in [7, 11) is 1.91. The van der Waals surface area contributed by atoms with Crippen molar-refractivity contribution in [3.05, 3.63) is 76.4 Å². The highest BCUT2D eigenvalue weighted by Crippen LogP contribution is 2.47. The third-order valence-electron chi connectivity index (χ3n) is 7.99. The van der Waals surface area contributed by atoms with Crippen molar-refractivity contribution in [3.63, 3.8) is 0 Å². The number of nitrogens with zero attached hydrogens (tertiary/aromatic N) is 4. The van der Waals surface area contributed by atoms with Crippen LogP contribution in [0.2, 0.25) is 5.02 Å². The molecule has 1 aliphatic rings. The molecular formula is C33H33ClN4O4S. The highest BCUT2D eigenvalue weighted by Gasteiger charge is 2.44. The van der Waals surface area contributed by atoms with Crippen LogP contribution in [0.4, 0.5) is 5.13 Å². The van der Waals surface area contributed by atoms with E-state index in [4.69, 9.17) is 21.3 Å². The Bertz CT molecular complexity index is 1910. The number of aliphatic carboxylic acids is 1. The highest BCUT2D eigenvalue weighted by molar-refractivity contribution is 7.23. The fraction of sp³-hybridized carbons (Fsp3) is 0.333. The van der Waals surface area contributed by atoms with E-state index in [0.717, 1.165) is 37.9 Å². The number of carboxylic acid groups (broad SMARTS) is 1. The molecule has 1 unspecified atom stereocenters. The summed E-state index contributed by atoms with van der Waals surface area (Å²) in [5, 5.41) is 17.1. The zero-order chi connectivity index (χ0) is 30.8. The van der Waals surface area contributed by atoms with Crippen LogP contribution in [0.1, 0.15) is 56.7 Å². The summed E-state index contributed by atoms with van der Waals surface area (Å²) in [6.07, 6.45) is 2.22. The monoisotopic (exact) mass is 616 g/mol. The molecule has 0 radical (unpaired) electrons. The van der Waals surface area contributed by atoms with Gasteiger partial charge >= 0.3 is 5.97 Å². The molecule has 6 rings (SSSR count). The van der Waals surface area contributed by atoms with Gasteiger partial charge in [0, 0.05) is 47.5 Å². The number of thiazole rings is 1. The van der Waals surface area contributed by atoms with Gasteiger partial charge in [0.2, 0.25) is 5.91 Å². The molecule has 43 heavy (non-hydrogen) atoms. The number of carboxylic acids is 1. The number of fused-ring (bicyclic) bond motifs is 2. The average Bonchev–Trinajstić information content (AvgIpc) is 3.63. The zero-order valence-corrected chi connectivity index (χ0v) is 26.5. The number of ether oxygens (including phenoxy) is 1. The summed E-state index contributed by atoms with van der Waals surface area (Å²) in [5.74, 6) is -1.06. The van der Waals surface area contributed by atoms with Crippen molar-refractivity contribution in [1.29, 1.82) is 0 Å². The van der Waals surface area contributed by atoms with Crippen molar-refractivity contribution in [2.45, 2.75) is 58.2 Å². The minimum Gasteiger partial charge on any atom is -0.479 e. The van der Waals surface area contributed by atoms with Crippen molar-refractivity contribution in [2.75, 3.05) is 11.4 Å². The van der Waals surface area contributed by atoms with Crippen LogP contribution >= 0.6 is 22.9 Å². The summed E-state index contributed by atoms with van der Waals surface area (Å²) in [4.78, 5) is 33.0. The molecule has 0 aliphatic carbocycles. The standard InChI is InChI=1S/C33H33ClN4O4S/c1-18-13-24-29(27(19-7-10-23(34)11-8-19)28(18)33(5,30(40)41)42-32(2,3)4)43-31(36-24)38-17-22(15-26(38)39)20-9-12-25-21(14-20)16-35-37(25)6/h7-14,16,22H,15,17H2,1-6H3,(H,40,41)/t22?,33-/m0/s1. The van der Waals surface area contributed by atoms with Gasteiger partial charge in [0.05, 0.1) is 27.5 Å². The smallest absolute Gasteiger partial charge is 0.340 e. The molecule has 1 N–H and O–H groups in total. The maximum atomic E-state index is 13.4. The number of hydrogen-bond donors (Lipinski definition) is 1. The van der Waals surface area contributed by atoms with Crippen LogP contribution in [-0.4, -0.2) is 43.9 Å². The Morgan fingerprint density at radius 3 is 2.51 bits per heavy atom. The summed E-state index contributed by atoms with van der Waals surface area (Å²) in [6, 6.07) is 15.4. The Morgan fingerprint density at radius 1 is 1.12 bits per heavy atom. The number of hydrogen-bond acceptors (Lipinski definition) is 6. The van der Waals surface area contributed by atoms with Crippen LogP contribution in [0.3, 0.4) is 0 Å². The number of aryl methyl sites for hydroxylation is 2. The molecule has 10 heteroatoms. The van der Waals surface area contributed by atoms with Gasteiger partial charge in [0.1, 0.15) is 0 Å². The van der Waals surface area contributed by atoms with Gasteiger partial charge < -0.3 is 9.84 Å². The third-order valence-corrected chi connectivity index (χ3v) is 9.36. The molecule has 3 aromatic carbocycles. The number of rotatable bonds is 6. The Balaban J connectivity index is 1.48. The number of halogens is 1. The second-order valence-electron chi connectivity index (χ2n) is 12.3. The zero-order valence-electron chi connectivity index (χ0n) is 24.9. The van der Waals surface area contributed by atoms with E-state index in [1.54, 1.807) is 24.0 Å². The Labute approximate surface area is 258 Å². The molecule has 5 aromatic rings. The average molecular weight is 617 g/mol. The van der Waals surface area contributed by atoms with Crippen LogP contribution in [0.5, 0.6) is 0 Å². The first kappa shape index (κ1) is 29.3. The first-order chi connectivity index (χ1) is 20.2. The van der Waals surface area contributed by atoms with Gasteiger partial charge in [-0.2, -0.15) is 5.10 Å². The Morgan fingerprint density at radius 2 is 1.84 bits per heavy atom. The maximum Gasteiger partial charge on any atom is 0.340 e. The molecule has 0 bridgehead atoms. The lowest BCUT2D eigenvalue weighted by molar-refractivity contribution is -0.183. The van der Waals surface area contributed by atoms with Crippen LogP contribution < -0.4 is 4.90 Å². The van der Waals surface area contributed by atoms with E-state index in [9.17, 15) is 14.7 Å². The van der Waals surface area contributed by atoms with Crippen molar-refractivity contribution in [2.24, 2.45) is 7.05 Å². The normalized spacial score (nSPS) is 17.2. The predicted molar refractivity (Wildman–Crippen MR) is 171 cm³/mol. The first-order valence-electron chi connectivity index (χ1n) is 14.1. The third kappa shape index (κ3) is 5.19. The molecule has 1 saturated heterocycles. The molecular weight excluding hydrogens is 584 g/mol. The number of benzene rings is 3. The molecule has 2 atom stereocenters. The lowest BCUT2D eigenvalue weighted by atomic mass is 9.84. The van der Waals surface area contributed by atoms with Gasteiger partial charge in [-0.1, -0.05) is 41.1 Å². The lowest BCUT2D eigenvalue weighted by Crippen LogP contribution is -2.42. The van der Waals surface area contributed by atoms with E-state index in [0.29, 0.717) is 34.2 Å². The number of anilines is 1. The Hall–Kier alpha value is -3.79. The van der Waals surface area contributed by atoms with E-state index >= 15 is 0 Å². The van der Waals surface area contributed by atoms with E-state index in [1.165, 1.54) is 11.3 Å². The van der Waals surface area contributed by atoms with Crippen LogP contribution in [0.25, 0.3) is 32.2 Å². The molecule has 2 aromatic heterocycles. The van der Waals surface area contributed by atoms with E-state index in [1.807, 2.05) is 69.9 Å². The van der Waals surface area contributed by atoms with Crippen molar-refractivity contribution < 1.29 is 19.4 Å². The molecule has 8 nitrogen and oxygen atoms in total. The minimum atomic E-state index is -1.66. The number of carbonyl (C=O) groups is 2. The van der Waals surface area contributed by atoms with Crippen molar-refractivity contribution in [3.8, 4) is 11.1 Å². The number of carbonyl (C=O) groups excluding carboxylic acids is 1. The fourth-order valence-electron chi connectivity index (χ4n) is 6.17. The van der Waals surface area contributed by atoms with Gasteiger partial charge in [0.15, 0.2) is 10.7 Å². The summed E-state index contributed by atoms with van der Waals surface area (Å²) in [5.41, 5.74) is 3.24. The van der Waals surface area contributed by atoms with Crippen LogP contribution in [-0.2, 0) is 27.0 Å². The predicted octanol–water partition coefficient (Wildman–Crippen LogP) is 7.45. The van der Waals surface area contributed by atoms with E-state index in [2.05, 4.69) is 17.2 Å². The lowest BCUT2D eigenvalue weighted by Gasteiger charge is -2.36. The molecule has 0 saturated carbocycles. The SMILES string of the molecule is Cc1cc2nc(N3CC(c4ccc5c(cnn5C)c4)CC3=O)sc2c(-c2ccc(Cl)cc2)c1[C@](C)(OC(C)(C)C)C(=O)O. The number of aromatic nitrogens is 3. The van der Waals surface area contributed by atoms with E-state index in [-0.39, 0.29) is 11.8 Å².